The number of hydrogen-bond acceptors (Lipinski definition) is 8. The summed E-state index contributed by atoms with van der Waals surface area (Å²) in [5, 5.41) is 21.6. The van der Waals surface area contributed by atoms with Crippen molar-refractivity contribution in [3.63, 3.8) is 0 Å². The number of fused-ring (bicyclic) bond motifs is 6. The van der Waals surface area contributed by atoms with Crippen LogP contribution in [0.15, 0.2) is 75.5 Å². The molecule has 0 fully saturated rings. The summed E-state index contributed by atoms with van der Waals surface area (Å²) in [6.07, 6.45) is 4.69. The van der Waals surface area contributed by atoms with E-state index < -0.39 is 29.7 Å². The summed E-state index contributed by atoms with van der Waals surface area (Å²) in [6.45, 7) is 0. The number of rotatable bonds is 2. The quantitative estimate of drug-likeness (QED) is 0.116. The molecule has 6 aromatic rings. The maximum absolute atomic E-state index is 13.9. The lowest BCUT2D eigenvalue weighted by Crippen LogP contribution is -2.07. The van der Waals surface area contributed by atoms with Crippen LogP contribution >= 0.6 is 0 Å². The molecule has 0 amide bonds. The standard InChI is InChI=1S/C30H12F4N8/c31-21-7-15(8-22(32)39-21)13-1-3-17-19(5-13)25(37-11-35)29-27(17)41-30-26(38-12-36)20-6-14(2-4-18(20)28(30)42-29)16-9-23(33)40-24(34)10-16/h1-9,16H,10H2. The van der Waals surface area contributed by atoms with Gasteiger partial charge in [-0.25, -0.2) is 9.97 Å². The molecule has 0 saturated carbocycles. The lowest BCUT2D eigenvalue weighted by atomic mass is 9.93. The molecule has 42 heavy (non-hydrogen) atoms. The third-order valence-corrected chi connectivity index (χ3v) is 7.23. The summed E-state index contributed by atoms with van der Waals surface area (Å²) in [4.78, 5) is 23.9. The molecule has 0 spiro atoms. The summed E-state index contributed by atoms with van der Waals surface area (Å²) in [5.41, 5.74) is 2.67. The van der Waals surface area contributed by atoms with Gasteiger partial charge >= 0.3 is 0 Å². The first-order chi connectivity index (χ1) is 20.3. The van der Waals surface area contributed by atoms with Crippen LogP contribution in [0.4, 0.5) is 17.6 Å². The summed E-state index contributed by atoms with van der Waals surface area (Å²) >= 11 is 0. The molecule has 2 aromatic heterocycles. The van der Waals surface area contributed by atoms with E-state index in [4.69, 9.17) is 9.97 Å². The van der Waals surface area contributed by atoms with Crippen molar-refractivity contribution < 1.29 is 17.6 Å². The largest absolute Gasteiger partial charge is 0.241 e. The third kappa shape index (κ3) is 3.89. The molecule has 4 aromatic carbocycles. The van der Waals surface area contributed by atoms with E-state index >= 15 is 0 Å². The number of halogens is 4. The van der Waals surface area contributed by atoms with Gasteiger partial charge in [-0.15, -0.1) is 0 Å². The van der Waals surface area contributed by atoms with E-state index in [9.17, 15) is 28.1 Å². The zero-order chi connectivity index (χ0) is 29.1. The molecule has 200 valence electrons. The van der Waals surface area contributed by atoms with E-state index in [1.165, 1.54) is 6.08 Å². The summed E-state index contributed by atoms with van der Waals surface area (Å²) in [7, 11) is 0. The highest BCUT2D eigenvalue weighted by Crippen LogP contribution is 2.34. The Bertz CT molecular complexity index is 2400. The zero-order valence-corrected chi connectivity index (χ0v) is 21.1. The van der Waals surface area contributed by atoms with Crippen LogP contribution in [-0.2, 0) is 0 Å². The molecule has 1 atom stereocenters. The first-order valence-electron chi connectivity index (χ1n) is 12.4. The smallest absolute Gasteiger partial charge is 0.216 e. The summed E-state index contributed by atoms with van der Waals surface area (Å²) in [6, 6.07) is 12.3. The number of pyridine rings is 1. The Morgan fingerprint density at radius 1 is 0.667 bits per heavy atom. The van der Waals surface area contributed by atoms with Gasteiger partial charge in [-0.05, 0) is 34.9 Å². The van der Waals surface area contributed by atoms with Gasteiger partial charge in [0.15, 0.2) is 5.97 Å². The molecule has 1 aliphatic heterocycles. The second kappa shape index (κ2) is 9.35. The van der Waals surface area contributed by atoms with Gasteiger partial charge in [0.05, 0.1) is 11.0 Å². The molecule has 8 nitrogen and oxygen atoms in total. The van der Waals surface area contributed by atoms with Crippen molar-refractivity contribution in [1.29, 1.82) is 10.5 Å². The number of aliphatic imine (C=N–C) groups is 1. The molecular formula is C30H12F4N8. The molecule has 0 bridgehead atoms. The predicted molar refractivity (Wildman–Crippen MR) is 145 cm³/mol. The molecule has 1 unspecified atom stereocenters. The number of nitriles is 2. The highest BCUT2D eigenvalue weighted by atomic mass is 19.2. The predicted octanol–water partition coefficient (Wildman–Crippen LogP) is 5.73. The molecule has 0 aliphatic carbocycles. The molecule has 0 saturated heterocycles. The minimum absolute atomic E-state index is 0.111. The van der Waals surface area contributed by atoms with Crippen molar-refractivity contribution in [2.24, 2.45) is 15.0 Å². The van der Waals surface area contributed by atoms with E-state index in [1.54, 1.807) is 48.8 Å². The fraction of sp³-hybridized carbons (Fsp3) is 0.0667. The van der Waals surface area contributed by atoms with E-state index in [0.29, 0.717) is 54.7 Å². The van der Waals surface area contributed by atoms with Crippen molar-refractivity contribution in [3.05, 3.63) is 88.7 Å². The number of hydrogen-bond donors (Lipinski definition) is 0. The second-order valence-corrected chi connectivity index (χ2v) is 9.59. The lowest BCUT2D eigenvalue weighted by molar-refractivity contribution is 0.513. The number of benzene rings is 2. The highest BCUT2D eigenvalue weighted by Gasteiger charge is 2.22. The summed E-state index contributed by atoms with van der Waals surface area (Å²) < 4.78 is 55.3. The number of nitrogens with zero attached hydrogens (tertiary/aromatic N) is 8. The highest BCUT2D eigenvalue weighted by molar-refractivity contribution is 6.15. The van der Waals surface area contributed by atoms with E-state index in [-0.39, 0.29) is 22.7 Å². The summed E-state index contributed by atoms with van der Waals surface area (Å²) in [5.74, 6) is -4.30. The van der Waals surface area contributed by atoms with Crippen LogP contribution in [0, 0.1) is 34.8 Å². The van der Waals surface area contributed by atoms with Crippen LogP contribution in [0.5, 0.6) is 0 Å². The van der Waals surface area contributed by atoms with Crippen molar-refractivity contribution >= 4 is 49.6 Å². The monoisotopic (exact) mass is 560 g/mol. The van der Waals surface area contributed by atoms with Crippen LogP contribution in [0.25, 0.3) is 54.7 Å². The molecule has 0 N–H and O–H groups in total. The van der Waals surface area contributed by atoms with Crippen LogP contribution in [-0.4, -0.2) is 20.9 Å². The van der Waals surface area contributed by atoms with E-state index in [1.807, 2.05) is 0 Å². The van der Waals surface area contributed by atoms with Crippen molar-refractivity contribution in [2.75, 3.05) is 0 Å². The van der Waals surface area contributed by atoms with Crippen LogP contribution < -0.4 is 10.7 Å². The van der Waals surface area contributed by atoms with Crippen molar-refractivity contribution in [1.82, 2.24) is 15.0 Å². The Labute approximate surface area is 232 Å². The van der Waals surface area contributed by atoms with Gasteiger partial charge in [-0.2, -0.15) is 48.0 Å². The number of allylic oxidation sites excluding steroid dienone is 1. The van der Waals surface area contributed by atoms with Gasteiger partial charge in [-0.3, -0.25) is 0 Å². The average molecular weight is 560 g/mol. The Balaban J connectivity index is 1.51. The lowest BCUT2D eigenvalue weighted by Gasteiger charge is -2.15. The minimum Gasteiger partial charge on any atom is -0.241 e. The molecule has 0 radical (unpaired) electrons. The van der Waals surface area contributed by atoms with E-state index in [0.717, 1.165) is 12.1 Å². The maximum atomic E-state index is 13.9. The van der Waals surface area contributed by atoms with Gasteiger partial charge in [0, 0.05) is 46.0 Å². The Morgan fingerprint density at radius 3 is 1.86 bits per heavy atom. The maximum Gasteiger partial charge on any atom is 0.216 e. The first kappa shape index (κ1) is 25.1. The Morgan fingerprint density at radius 2 is 1.26 bits per heavy atom. The minimum atomic E-state index is -0.978. The fourth-order valence-corrected chi connectivity index (χ4v) is 5.49. The van der Waals surface area contributed by atoms with Gasteiger partial charge in [0.1, 0.15) is 21.7 Å². The molecular weight excluding hydrogens is 548 g/mol. The molecule has 7 rings (SSSR count). The second-order valence-electron chi connectivity index (χ2n) is 9.59. The average Bonchev–Trinajstić information content (AvgIpc) is 3.42. The van der Waals surface area contributed by atoms with Gasteiger partial charge in [0.25, 0.3) is 0 Å². The normalized spacial score (nSPS) is 16.3. The first-order valence-corrected chi connectivity index (χ1v) is 12.4. The SMILES string of the molecule is N#CN=c1c2cc(-c3cc(F)nc(F)c3)ccc2c2nc3c(=NC#N)c4cc(C5C=C(F)N=C(F)C5)ccc4c3nc12. The van der Waals surface area contributed by atoms with Crippen molar-refractivity contribution in [2.45, 2.75) is 12.3 Å². The van der Waals surface area contributed by atoms with Gasteiger partial charge in [-0.1, -0.05) is 24.3 Å². The van der Waals surface area contributed by atoms with E-state index in [2.05, 4.69) is 20.0 Å². The van der Waals surface area contributed by atoms with Gasteiger partial charge in [0.2, 0.25) is 30.2 Å². The topological polar surface area (TPSA) is 123 Å². The Kier molecular flexibility index (Phi) is 5.59. The molecule has 3 heterocycles. The van der Waals surface area contributed by atoms with Crippen molar-refractivity contribution in [3.8, 4) is 23.5 Å². The molecule has 1 aliphatic rings. The van der Waals surface area contributed by atoms with Crippen LogP contribution in [0.3, 0.4) is 0 Å². The molecule has 12 heteroatoms. The Hall–Kier alpha value is -5.88. The number of aromatic nitrogens is 3. The third-order valence-electron chi connectivity index (χ3n) is 7.23. The van der Waals surface area contributed by atoms with Crippen LogP contribution in [0.1, 0.15) is 17.9 Å². The zero-order valence-electron chi connectivity index (χ0n) is 21.1. The van der Waals surface area contributed by atoms with Gasteiger partial charge < -0.3 is 0 Å². The van der Waals surface area contributed by atoms with Crippen LogP contribution in [0.2, 0.25) is 0 Å². The fourth-order valence-electron chi connectivity index (χ4n) is 5.49.